The minimum Gasteiger partial charge on any atom is -0.307 e. The molecule has 0 heterocycles. The molecule has 1 fully saturated rings. The minimum atomic E-state index is 0.427. The SMILES string of the molecule is Cc1ccc([C@H](C)NC2CC(c3ccccc3Br)C2)cc1. The standard InChI is InChI=1S/C19H22BrN/c1-13-7-9-15(10-8-13)14(2)21-17-11-16(12-17)18-5-3-4-6-19(18)20/h3-10,14,16-17,21H,11-12H2,1-2H3/t14-,16?,17?/m0/s1. The topological polar surface area (TPSA) is 12.0 Å². The molecule has 2 aromatic rings. The fourth-order valence-electron chi connectivity index (χ4n) is 3.12. The lowest BCUT2D eigenvalue weighted by atomic mass is 9.75. The van der Waals surface area contributed by atoms with Gasteiger partial charge in [0.2, 0.25) is 0 Å². The largest absolute Gasteiger partial charge is 0.307 e. The molecule has 2 heteroatoms. The van der Waals surface area contributed by atoms with E-state index in [9.17, 15) is 0 Å². The number of hydrogen-bond donors (Lipinski definition) is 1. The number of hydrogen-bond acceptors (Lipinski definition) is 1. The average molecular weight is 344 g/mol. The van der Waals surface area contributed by atoms with E-state index in [1.165, 1.54) is 34.0 Å². The second kappa shape index (κ2) is 6.33. The Morgan fingerprint density at radius 1 is 1.05 bits per heavy atom. The summed E-state index contributed by atoms with van der Waals surface area (Å²) in [5.74, 6) is 0.697. The second-order valence-corrected chi connectivity index (χ2v) is 7.04. The van der Waals surface area contributed by atoms with E-state index in [-0.39, 0.29) is 0 Å². The molecule has 1 N–H and O–H groups in total. The highest BCUT2D eigenvalue weighted by atomic mass is 79.9. The molecule has 3 rings (SSSR count). The van der Waals surface area contributed by atoms with Crippen LogP contribution in [0.25, 0.3) is 0 Å². The molecular formula is C19H22BrN. The Kier molecular flexibility index (Phi) is 4.46. The maximum atomic E-state index is 3.76. The molecule has 0 spiro atoms. The van der Waals surface area contributed by atoms with Gasteiger partial charge < -0.3 is 5.32 Å². The van der Waals surface area contributed by atoms with Crippen molar-refractivity contribution in [2.45, 2.75) is 44.7 Å². The molecule has 1 nitrogen and oxygen atoms in total. The number of benzene rings is 2. The van der Waals surface area contributed by atoms with Gasteiger partial charge in [-0.1, -0.05) is 64.0 Å². The number of nitrogens with one attached hydrogen (secondary N) is 1. The zero-order valence-corrected chi connectivity index (χ0v) is 14.2. The fraction of sp³-hybridized carbons (Fsp3) is 0.368. The van der Waals surface area contributed by atoms with Crippen molar-refractivity contribution in [3.8, 4) is 0 Å². The zero-order chi connectivity index (χ0) is 14.8. The van der Waals surface area contributed by atoms with E-state index < -0.39 is 0 Å². The molecule has 0 aromatic heterocycles. The predicted molar refractivity (Wildman–Crippen MR) is 92.6 cm³/mol. The van der Waals surface area contributed by atoms with Crippen molar-refractivity contribution in [2.24, 2.45) is 0 Å². The first kappa shape index (κ1) is 14.8. The van der Waals surface area contributed by atoms with Crippen LogP contribution >= 0.6 is 15.9 Å². The van der Waals surface area contributed by atoms with Crippen LogP contribution < -0.4 is 5.32 Å². The molecule has 0 radical (unpaired) electrons. The maximum absolute atomic E-state index is 3.76. The molecule has 1 saturated carbocycles. The van der Waals surface area contributed by atoms with Crippen molar-refractivity contribution in [2.75, 3.05) is 0 Å². The third-order valence-corrected chi connectivity index (χ3v) is 5.27. The van der Waals surface area contributed by atoms with Crippen molar-refractivity contribution < 1.29 is 0 Å². The van der Waals surface area contributed by atoms with Crippen LogP contribution in [0.1, 0.15) is 48.4 Å². The number of aryl methyl sites for hydroxylation is 1. The molecule has 0 saturated heterocycles. The lowest BCUT2D eigenvalue weighted by Gasteiger charge is -2.38. The van der Waals surface area contributed by atoms with Crippen LogP contribution in [0.4, 0.5) is 0 Å². The summed E-state index contributed by atoms with van der Waals surface area (Å²) in [5, 5.41) is 3.76. The highest BCUT2D eigenvalue weighted by Crippen LogP contribution is 2.40. The molecule has 2 aromatic carbocycles. The van der Waals surface area contributed by atoms with E-state index in [1.807, 2.05) is 0 Å². The van der Waals surface area contributed by atoms with Crippen molar-refractivity contribution in [1.29, 1.82) is 0 Å². The highest BCUT2D eigenvalue weighted by molar-refractivity contribution is 9.10. The Labute approximate surface area is 135 Å². The molecule has 0 aliphatic heterocycles. The van der Waals surface area contributed by atoms with Crippen LogP contribution in [0.15, 0.2) is 53.0 Å². The molecule has 1 aliphatic carbocycles. The van der Waals surface area contributed by atoms with Gasteiger partial charge in [-0.3, -0.25) is 0 Å². The van der Waals surface area contributed by atoms with Crippen LogP contribution in [0, 0.1) is 6.92 Å². The van der Waals surface area contributed by atoms with Gasteiger partial charge in [-0.05, 0) is 49.8 Å². The van der Waals surface area contributed by atoms with Crippen molar-refractivity contribution in [1.82, 2.24) is 5.32 Å². The summed E-state index contributed by atoms with van der Waals surface area (Å²) in [6.45, 7) is 4.40. The Balaban J connectivity index is 1.55. The lowest BCUT2D eigenvalue weighted by molar-refractivity contribution is 0.270. The first-order valence-corrected chi connectivity index (χ1v) is 8.50. The molecular weight excluding hydrogens is 322 g/mol. The van der Waals surface area contributed by atoms with E-state index in [0.717, 1.165) is 0 Å². The van der Waals surface area contributed by atoms with Gasteiger partial charge in [0.1, 0.15) is 0 Å². The third-order valence-electron chi connectivity index (χ3n) is 4.55. The van der Waals surface area contributed by atoms with E-state index in [2.05, 4.69) is 83.6 Å². The van der Waals surface area contributed by atoms with Gasteiger partial charge in [-0.15, -0.1) is 0 Å². The molecule has 1 atom stereocenters. The fourth-order valence-corrected chi connectivity index (χ4v) is 3.73. The number of rotatable bonds is 4. The number of halogens is 1. The minimum absolute atomic E-state index is 0.427. The molecule has 21 heavy (non-hydrogen) atoms. The van der Waals surface area contributed by atoms with Crippen LogP contribution in [0.5, 0.6) is 0 Å². The van der Waals surface area contributed by atoms with E-state index in [0.29, 0.717) is 18.0 Å². The van der Waals surface area contributed by atoms with Crippen LogP contribution in [-0.4, -0.2) is 6.04 Å². The smallest absolute Gasteiger partial charge is 0.0294 e. The summed E-state index contributed by atoms with van der Waals surface area (Å²) < 4.78 is 1.25. The third kappa shape index (κ3) is 3.38. The summed E-state index contributed by atoms with van der Waals surface area (Å²) in [5.41, 5.74) is 4.16. The highest BCUT2D eigenvalue weighted by Gasteiger charge is 2.31. The van der Waals surface area contributed by atoms with Gasteiger partial charge in [0.15, 0.2) is 0 Å². The van der Waals surface area contributed by atoms with E-state index >= 15 is 0 Å². The molecule has 0 unspecified atom stereocenters. The lowest BCUT2D eigenvalue weighted by Crippen LogP contribution is -2.41. The first-order chi connectivity index (χ1) is 10.1. The molecule has 0 bridgehead atoms. The van der Waals surface area contributed by atoms with Gasteiger partial charge in [0, 0.05) is 16.6 Å². The maximum Gasteiger partial charge on any atom is 0.0294 e. The van der Waals surface area contributed by atoms with Crippen LogP contribution in [0.3, 0.4) is 0 Å². The average Bonchev–Trinajstić information content (AvgIpc) is 2.44. The van der Waals surface area contributed by atoms with E-state index in [4.69, 9.17) is 0 Å². The molecule has 110 valence electrons. The predicted octanol–water partition coefficient (Wildman–Crippen LogP) is 5.35. The van der Waals surface area contributed by atoms with Gasteiger partial charge in [0.25, 0.3) is 0 Å². The Hall–Kier alpha value is -1.12. The summed E-state index contributed by atoms with van der Waals surface area (Å²) in [7, 11) is 0. The Bertz CT molecular complexity index is 599. The van der Waals surface area contributed by atoms with Gasteiger partial charge in [-0.25, -0.2) is 0 Å². The molecule has 0 amide bonds. The van der Waals surface area contributed by atoms with Gasteiger partial charge in [0.05, 0.1) is 0 Å². The normalized spacial score (nSPS) is 22.6. The summed E-state index contributed by atoms with van der Waals surface area (Å²) in [6.07, 6.45) is 2.47. The summed E-state index contributed by atoms with van der Waals surface area (Å²) >= 11 is 3.67. The summed E-state index contributed by atoms with van der Waals surface area (Å²) in [6, 6.07) is 18.5. The van der Waals surface area contributed by atoms with E-state index in [1.54, 1.807) is 0 Å². The van der Waals surface area contributed by atoms with Crippen molar-refractivity contribution >= 4 is 15.9 Å². The van der Waals surface area contributed by atoms with Crippen LogP contribution in [-0.2, 0) is 0 Å². The zero-order valence-electron chi connectivity index (χ0n) is 12.6. The Morgan fingerprint density at radius 2 is 1.71 bits per heavy atom. The van der Waals surface area contributed by atoms with Crippen molar-refractivity contribution in [3.05, 3.63) is 69.7 Å². The quantitative estimate of drug-likeness (QED) is 0.788. The summed E-state index contributed by atoms with van der Waals surface area (Å²) in [4.78, 5) is 0. The first-order valence-electron chi connectivity index (χ1n) is 7.70. The monoisotopic (exact) mass is 343 g/mol. The van der Waals surface area contributed by atoms with Gasteiger partial charge >= 0.3 is 0 Å². The second-order valence-electron chi connectivity index (χ2n) is 6.19. The Morgan fingerprint density at radius 3 is 2.38 bits per heavy atom. The van der Waals surface area contributed by atoms with Crippen molar-refractivity contribution in [3.63, 3.8) is 0 Å². The van der Waals surface area contributed by atoms with Gasteiger partial charge in [-0.2, -0.15) is 0 Å². The van der Waals surface area contributed by atoms with Crippen LogP contribution in [0.2, 0.25) is 0 Å². The molecule has 1 aliphatic rings.